The van der Waals surface area contributed by atoms with Crippen LogP contribution >= 0.6 is 11.3 Å². The Kier molecular flexibility index (Phi) is 2.91. The molecular formula is C11H17BO3S. The summed E-state index contributed by atoms with van der Waals surface area (Å²) in [7, 11) is -0.363. The van der Waals surface area contributed by atoms with Gasteiger partial charge in [0.25, 0.3) is 0 Å². The third-order valence-electron chi connectivity index (χ3n) is 3.43. The molecule has 1 aliphatic heterocycles. The maximum atomic E-state index is 9.23. The summed E-state index contributed by atoms with van der Waals surface area (Å²) in [6.45, 7) is 8.14. The molecule has 1 aliphatic rings. The van der Waals surface area contributed by atoms with Crippen molar-refractivity contribution >= 4 is 23.9 Å². The predicted molar refractivity (Wildman–Crippen MR) is 66.0 cm³/mol. The molecule has 2 rings (SSSR count). The van der Waals surface area contributed by atoms with Crippen molar-refractivity contribution in [3.05, 3.63) is 16.3 Å². The minimum Gasteiger partial charge on any atom is -0.399 e. The SMILES string of the molecule is CC1(C)OB(c2ccsc2CO)OC1(C)C. The summed E-state index contributed by atoms with van der Waals surface area (Å²) in [6, 6.07) is 1.96. The maximum absolute atomic E-state index is 9.23. The van der Waals surface area contributed by atoms with Crippen LogP contribution < -0.4 is 5.46 Å². The second-order valence-electron chi connectivity index (χ2n) is 5.05. The fourth-order valence-electron chi connectivity index (χ4n) is 1.66. The Labute approximate surface area is 101 Å². The van der Waals surface area contributed by atoms with Crippen LogP contribution in [0.1, 0.15) is 32.6 Å². The molecule has 0 amide bonds. The molecule has 1 saturated heterocycles. The smallest absolute Gasteiger partial charge is 0.399 e. The molecule has 2 heterocycles. The normalized spacial score (nSPS) is 22.7. The summed E-state index contributed by atoms with van der Waals surface area (Å²) in [5.74, 6) is 0. The summed E-state index contributed by atoms with van der Waals surface area (Å²) < 4.78 is 11.8. The predicted octanol–water partition coefficient (Wildman–Crippen LogP) is 1.54. The first kappa shape index (κ1) is 12.1. The molecule has 0 radical (unpaired) electrons. The van der Waals surface area contributed by atoms with Gasteiger partial charge in [0.2, 0.25) is 0 Å². The van der Waals surface area contributed by atoms with Crippen LogP contribution in [0.3, 0.4) is 0 Å². The Balaban J connectivity index is 2.27. The summed E-state index contributed by atoms with van der Waals surface area (Å²) in [5, 5.41) is 11.2. The first-order chi connectivity index (χ1) is 7.37. The summed E-state index contributed by atoms with van der Waals surface area (Å²) >= 11 is 1.53. The lowest BCUT2D eigenvalue weighted by Crippen LogP contribution is -2.41. The second-order valence-corrected chi connectivity index (χ2v) is 6.05. The fourth-order valence-corrected chi connectivity index (χ4v) is 2.41. The average Bonchev–Trinajstić information content (AvgIpc) is 2.69. The monoisotopic (exact) mass is 240 g/mol. The highest BCUT2D eigenvalue weighted by Crippen LogP contribution is 2.36. The van der Waals surface area contributed by atoms with Gasteiger partial charge in [0.1, 0.15) is 0 Å². The minimum absolute atomic E-state index is 0.0388. The van der Waals surface area contributed by atoms with Gasteiger partial charge in [-0.15, -0.1) is 11.3 Å². The Morgan fingerprint density at radius 3 is 2.31 bits per heavy atom. The standard InChI is InChI=1S/C11H17BO3S/c1-10(2)11(3,4)15-12(14-10)8-5-6-16-9(8)7-13/h5-6,13H,7H2,1-4H3. The van der Waals surface area contributed by atoms with Crippen molar-refractivity contribution in [1.82, 2.24) is 0 Å². The van der Waals surface area contributed by atoms with E-state index in [4.69, 9.17) is 9.31 Å². The van der Waals surface area contributed by atoms with E-state index in [1.54, 1.807) is 0 Å². The van der Waals surface area contributed by atoms with Crippen LogP contribution in [0, 0.1) is 0 Å². The van der Waals surface area contributed by atoms with Crippen molar-refractivity contribution in [3.8, 4) is 0 Å². The molecule has 1 fully saturated rings. The molecule has 0 bridgehead atoms. The first-order valence-corrected chi connectivity index (χ1v) is 6.28. The van der Waals surface area contributed by atoms with Crippen molar-refractivity contribution in [2.75, 3.05) is 0 Å². The van der Waals surface area contributed by atoms with E-state index in [9.17, 15) is 5.11 Å². The van der Waals surface area contributed by atoms with Crippen LogP contribution in [0.15, 0.2) is 11.4 Å². The van der Waals surface area contributed by atoms with Gasteiger partial charge in [0.05, 0.1) is 17.8 Å². The Bertz CT molecular complexity index is 370. The van der Waals surface area contributed by atoms with Gasteiger partial charge in [0.15, 0.2) is 0 Å². The first-order valence-electron chi connectivity index (χ1n) is 5.40. The molecule has 0 aromatic carbocycles. The number of aliphatic hydroxyl groups excluding tert-OH is 1. The molecule has 5 heteroatoms. The Morgan fingerprint density at radius 2 is 1.81 bits per heavy atom. The van der Waals surface area contributed by atoms with E-state index in [1.165, 1.54) is 11.3 Å². The maximum Gasteiger partial charge on any atom is 0.496 e. The Morgan fingerprint density at radius 1 is 1.25 bits per heavy atom. The number of thiophene rings is 1. The van der Waals surface area contributed by atoms with Gasteiger partial charge in [-0.25, -0.2) is 0 Å². The fraction of sp³-hybridized carbons (Fsp3) is 0.636. The van der Waals surface area contributed by atoms with E-state index in [1.807, 2.05) is 39.1 Å². The van der Waals surface area contributed by atoms with Crippen LogP contribution in [0.5, 0.6) is 0 Å². The van der Waals surface area contributed by atoms with Gasteiger partial charge in [-0.2, -0.15) is 0 Å². The lowest BCUT2D eigenvalue weighted by atomic mass is 9.79. The molecule has 1 aromatic rings. The molecule has 16 heavy (non-hydrogen) atoms. The molecule has 0 saturated carbocycles. The number of aliphatic hydroxyl groups is 1. The van der Waals surface area contributed by atoms with E-state index in [2.05, 4.69) is 0 Å². The van der Waals surface area contributed by atoms with Crippen LogP contribution in [0.4, 0.5) is 0 Å². The van der Waals surface area contributed by atoms with Gasteiger partial charge in [-0.3, -0.25) is 0 Å². The third-order valence-corrected chi connectivity index (χ3v) is 4.35. The van der Waals surface area contributed by atoms with Gasteiger partial charge in [-0.05, 0) is 38.5 Å². The highest BCUT2D eigenvalue weighted by Gasteiger charge is 2.52. The zero-order chi connectivity index (χ0) is 12.0. The largest absolute Gasteiger partial charge is 0.496 e. The molecule has 0 unspecified atom stereocenters. The third kappa shape index (κ3) is 1.82. The van der Waals surface area contributed by atoms with E-state index < -0.39 is 0 Å². The lowest BCUT2D eigenvalue weighted by Gasteiger charge is -2.32. The number of rotatable bonds is 2. The zero-order valence-electron chi connectivity index (χ0n) is 10.1. The molecule has 1 N–H and O–H groups in total. The Hall–Kier alpha value is -0.355. The number of hydrogen-bond acceptors (Lipinski definition) is 4. The van der Waals surface area contributed by atoms with Gasteiger partial charge in [0, 0.05) is 4.88 Å². The molecule has 88 valence electrons. The number of hydrogen-bond donors (Lipinski definition) is 1. The van der Waals surface area contributed by atoms with Crippen molar-refractivity contribution < 1.29 is 14.4 Å². The van der Waals surface area contributed by atoms with E-state index in [0.29, 0.717) is 0 Å². The van der Waals surface area contributed by atoms with Crippen LogP contribution in [0.25, 0.3) is 0 Å². The highest BCUT2D eigenvalue weighted by molar-refractivity contribution is 7.11. The lowest BCUT2D eigenvalue weighted by molar-refractivity contribution is 0.00578. The summed E-state index contributed by atoms with van der Waals surface area (Å²) in [4.78, 5) is 0.915. The molecule has 1 aromatic heterocycles. The molecule has 0 spiro atoms. The van der Waals surface area contributed by atoms with Crippen molar-refractivity contribution in [3.63, 3.8) is 0 Å². The van der Waals surface area contributed by atoms with Crippen molar-refractivity contribution in [2.45, 2.75) is 45.5 Å². The van der Waals surface area contributed by atoms with Crippen LogP contribution in [-0.4, -0.2) is 23.4 Å². The van der Waals surface area contributed by atoms with E-state index in [0.717, 1.165) is 10.3 Å². The molecule has 0 atom stereocenters. The average molecular weight is 240 g/mol. The van der Waals surface area contributed by atoms with Gasteiger partial charge < -0.3 is 14.4 Å². The van der Waals surface area contributed by atoms with Gasteiger partial charge >= 0.3 is 7.12 Å². The van der Waals surface area contributed by atoms with E-state index >= 15 is 0 Å². The van der Waals surface area contributed by atoms with Crippen molar-refractivity contribution in [1.29, 1.82) is 0 Å². The van der Waals surface area contributed by atoms with Crippen LogP contribution in [-0.2, 0) is 15.9 Å². The minimum atomic E-state index is -0.363. The topological polar surface area (TPSA) is 38.7 Å². The summed E-state index contributed by atoms with van der Waals surface area (Å²) in [5.41, 5.74) is 0.296. The van der Waals surface area contributed by atoms with Crippen LogP contribution in [0.2, 0.25) is 0 Å². The molecule has 0 aliphatic carbocycles. The summed E-state index contributed by atoms with van der Waals surface area (Å²) in [6.07, 6.45) is 0. The molecular weight excluding hydrogens is 223 g/mol. The highest BCUT2D eigenvalue weighted by atomic mass is 32.1. The van der Waals surface area contributed by atoms with Crippen molar-refractivity contribution in [2.24, 2.45) is 0 Å². The zero-order valence-corrected chi connectivity index (χ0v) is 10.9. The van der Waals surface area contributed by atoms with E-state index in [-0.39, 0.29) is 24.9 Å². The quantitative estimate of drug-likeness (QED) is 0.797. The van der Waals surface area contributed by atoms with Gasteiger partial charge in [-0.1, -0.05) is 6.07 Å². The second kappa shape index (κ2) is 3.84. The molecule has 3 nitrogen and oxygen atoms in total.